The van der Waals surface area contributed by atoms with Crippen molar-refractivity contribution in [3.63, 3.8) is 0 Å². The number of anilines is 1. The molecule has 0 saturated carbocycles. The van der Waals surface area contributed by atoms with Crippen LogP contribution in [0.15, 0.2) is 36.7 Å². The van der Waals surface area contributed by atoms with Crippen molar-refractivity contribution >= 4 is 17.6 Å². The summed E-state index contributed by atoms with van der Waals surface area (Å²) in [4.78, 5) is 25.6. The largest absolute Gasteiger partial charge is 0.452 e. The van der Waals surface area contributed by atoms with Crippen LogP contribution >= 0.6 is 0 Å². The summed E-state index contributed by atoms with van der Waals surface area (Å²) in [6.45, 7) is 0.366. The second kappa shape index (κ2) is 5.40. The number of rotatable bonds is 3. The number of esters is 1. The molecule has 0 fully saturated rings. The molecule has 1 aliphatic heterocycles. The Hall–Kier alpha value is -2.63. The van der Waals surface area contributed by atoms with E-state index < -0.39 is 5.97 Å². The lowest BCUT2D eigenvalue weighted by atomic mass is 10.2. The molecule has 2 aromatic rings. The number of ether oxygens (including phenoxy) is 1. The molecule has 1 aromatic heterocycles. The van der Waals surface area contributed by atoms with Crippen LogP contribution in [-0.4, -0.2) is 34.8 Å². The highest BCUT2D eigenvalue weighted by Gasteiger charge is 2.25. The topological polar surface area (TPSA) is 64.4 Å². The zero-order chi connectivity index (χ0) is 14.8. The van der Waals surface area contributed by atoms with Crippen LogP contribution in [0.2, 0.25) is 0 Å². The highest BCUT2D eigenvalue weighted by atomic mass is 16.5. The van der Waals surface area contributed by atoms with Crippen molar-refractivity contribution in [2.75, 3.05) is 18.1 Å². The Morgan fingerprint density at radius 1 is 1.33 bits per heavy atom. The first-order valence-corrected chi connectivity index (χ1v) is 6.69. The van der Waals surface area contributed by atoms with Gasteiger partial charge in [0.05, 0.1) is 11.8 Å². The van der Waals surface area contributed by atoms with Crippen LogP contribution in [0, 0.1) is 0 Å². The van der Waals surface area contributed by atoms with Gasteiger partial charge in [0, 0.05) is 25.5 Å². The molecule has 0 N–H and O–H groups in total. The summed E-state index contributed by atoms with van der Waals surface area (Å²) >= 11 is 0. The molecule has 2 heterocycles. The van der Waals surface area contributed by atoms with E-state index in [1.54, 1.807) is 18.1 Å². The fourth-order valence-corrected chi connectivity index (χ4v) is 2.41. The second-order valence-corrected chi connectivity index (χ2v) is 4.90. The third-order valence-electron chi connectivity index (χ3n) is 3.46. The monoisotopic (exact) mass is 285 g/mol. The van der Waals surface area contributed by atoms with Crippen LogP contribution in [0.1, 0.15) is 15.9 Å². The third kappa shape index (κ3) is 2.65. The molecule has 1 aromatic carbocycles. The molecular weight excluding hydrogens is 270 g/mol. The molecular formula is C15H15N3O3. The first-order valence-electron chi connectivity index (χ1n) is 6.69. The number of carbonyl (C=O) groups excluding carboxylic acids is 2. The molecule has 0 atom stereocenters. The van der Waals surface area contributed by atoms with Crippen LogP contribution in [0.3, 0.4) is 0 Å². The molecule has 0 spiro atoms. The average Bonchev–Trinajstić information content (AvgIpc) is 3.10. The van der Waals surface area contributed by atoms with Crippen LogP contribution in [0.5, 0.6) is 0 Å². The minimum Gasteiger partial charge on any atom is -0.452 e. The zero-order valence-electron chi connectivity index (χ0n) is 11.7. The van der Waals surface area contributed by atoms with Crippen molar-refractivity contribution < 1.29 is 14.3 Å². The van der Waals surface area contributed by atoms with Crippen LogP contribution in [-0.2, 0) is 23.0 Å². The molecule has 3 rings (SSSR count). The first-order chi connectivity index (χ1) is 10.1. The lowest BCUT2D eigenvalue weighted by Crippen LogP contribution is -2.33. The van der Waals surface area contributed by atoms with Gasteiger partial charge in [-0.1, -0.05) is 18.2 Å². The summed E-state index contributed by atoms with van der Waals surface area (Å²) in [5.74, 6) is -0.749. The number of amides is 1. The van der Waals surface area contributed by atoms with Gasteiger partial charge >= 0.3 is 5.97 Å². The summed E-state index contributed by atoms with van der Waals surface area (Å²) in [6.07, 6.45) is 3.80. The molecule has 0 bridgehead atoms. The van der Waals surface area contributed by atoms with E-state index in [1.807, 2.05) is 24.3 Å². The van der Waals surface area contributed by atoms with Crippen molar-refractivity contribution in [3.05, 3.63) is 47.8 Å². The summed E-state index contributed by atoms with van der Waals surface area (Å²) in [5, 5.41) is 3.89. The van der Waals surface area contributed by atoms with Crippen molar-refractivity contribution in [1.82, 2.24) is 9.78 Å². The van der Waals surface area contributed by atoms with Crippen LogP contribution in [0.4, 0.5) is 5.69 Å². The number of nitrogens with zero attached hydrogens (tertiary/aromatic N) is 3. The van der Waals surface area contributed by atoms with Gasteiger partial charge in [0.2, 0.25) is 0 Å². The third-order valence-corrected chi connectivity index (χ3v) is 3.46. The fourth-order valence-electron chi connectivity index (χ4n) is 2.41. The number of para-hydroxylation sites is 1. The van der Waals surface area contributed by atoms with Gasteiger partial charge in [-0.05, 0) is 18.1 Å². The molecule has 108 valence electrons. The Balaban J connectivity index is 1.62. The zero-order valence-corrected chi connectivity index (χ0v) is 11.7. The number of hydrogen-bond donors (Lipinski definition) is 0. The van der Waals surface area contributed by atoms with Crippen LogP contribution in [0.25, 0.3) is 0 Å². The maximum atomic E-state index is 12.2. The smallest absolute Gasteiger partial charge is 0.341 e. The first kappa shape index (κ1) is 13.4. The Kier molecular flexibility index (Phi) is 3.43. The number of aromatic nitrogens is 2. The van der Waals surface area contributed by atoms with Crippen molar-refractivity contribution in [2.24, 2.45) is 7.05 Å². The van der Waals surface area contributed by atoms with E-state index in [2.05, 4.69) is 5.10 Å². The van der Waals surface area contributed by atoms with E-state index in [9.17, 15) is 9.59 Å². The van der Waals surface area contributed by atoms with Gasteiger partial charge in [0.15, 0.2) is 6.61 Å². The number of carbonyl (C=O) groups is 2. The highest BCUT2D eigenvalue weighted by molar-refractivity contribution is 5.98. The minimum absolute atomic E-state index is 0.211. The normalized spacial score (nSPS) is 13.1. The maximum Gasteiger partial charge on any atom is 0.341 e. The van der Waals surface area contributed by atoms with Gasteiger partial charge in [0.1, 0.15) is 0 Å². The Morgan fingerprint density at radius 3 is 2.90 bits per heavy atom. The SMILES string of the molecule is Cn1cc(C(=O)OCC(=O)N2CCc3ccccc32)cn1. The van der Waals surface area contributed by atoms with Gasteiger partial charge in [-0.3, -0.25) is 9.48 Å². The second-order valence-electron chi connectivity index (χ2n) is 4.90. The van der Waals surface area contributed by atoms with Crippen LogP contribution < -0.4 is 4.90 Å². The lowest BCUT2D eigenvalue weighted by molar-refractivity contribution is -0.121. The molecule has 0 saturated heterocycles. The number of hydrogen-bond acceptors (Lipinski definition) is 4. The lowest BCUT2D eigenvalue weighted by Gasteiger charge is -2.16. The van der Waals surface area contributed by atoms with Gasteiger partial charge in [-0.15, -0.1) is 0 Å². The van der Waals surface area contributed by atoms with E-state index in [-0.39, 0.29) is 12.5 Å². The van der Waals surface area contributed by atoms with E-state index in [1.165, 1.54) is 10.9 Å². The predicted octanol–water partition coefficient (Wildman–Crippen LogP) is 1.17. The molecule has 0 radical (unpaired) electrons. The quantitative estimate of drug-likeness (QED) is 0.794. The molecule has 6 heteroatoms. The van der Waals surface area contributed by atoms with E-state index >= 15 is 0 Å². The van der Waals surface area contributed by atoms with Gasteiger partial charge in [-0.25, -0.2) is 4.79 Å². The number of aryl methyl sites for hydroxylation is 1. The van der Waals surface area contributed by atoms with Crippen molar-refractivity contribution in [2.45, 2.75) is 6.42 Å². The maximum absolute atomic E-state index is 12.2. The standard InChI is InChI=1S/C15H15N3O3/c1-17-9-12(8-16-17)15(20)21-10-14(19)18-7-6-11-4-2-3-5-13(11)18/h2-5,8-9H,6-7,10H2,1H3. The highest BCUT2D eigenvalue weighted by Crippen LogP contribution is 2.27. The molecule has 0 unspecified atom stereocenters. The fraction of sp³-hybridized carbons (Fsp3) is 0.267. The summed E-state index contributed by atoms with van der Waals surface area (Å²) < 4.78 is 6.56. The summed E-state index contributed by atoms with van der Waals surface area (Å²) in [5.41, 5.74) is 2.39. The Labute approximate surface area is 121 Å². The van der Waals surface area contributed by atoms with Gasteiger partial charge in [0.25, 0.3) is 5.91 Å². The Bertz CT molecular complexity index is 693. The summed E-state index contributed by atoms with van der Waals surface area (Å²) in [6, 6.07) is 7.76. The van der Waals surface area contributed by atoms with E-state index in [0.717, 1.165) is 17.7 Å². The van der Waals surface area contributed by atoms with Gasteiger partial charge in [-0.2, -0.15) is 5.10 Å². The van der Waals surface area contributed by atoms with E-state index in [0.29, 0.717) is 12.1 Å². The molecule has 0 aliphatic carbocycles. The van der Waals surface area contributed by atoms with Crippen molar-refractivity contribution in [3.8, 4) is 0 Å². The Morgan fingerprint density at radius 2 is 2.14 bits per heavy atom. The molecule has 1 amide bonds. The molecule has 6 nitrogen and oxygen atoms in total. The average molecular weight is 285 g/mol. The number of benzene rings is 1. The summed E-state index contributed by atoms with van der Waals surface area (Å²) in [7, 11) is 1.71. The molecule has 21 heavy (non-hydrogen) atoms. The number of fused-ring (bicyclic) bond motifs is 1. The van der Waals surface area contributed by atoms with E-state index in [4.69, 9.17) is 4.74 Å². The predicted molar refractivity (Wildman–Crippen MR) is 76.0 cm³/mol. The molecule has 1 aliphatic rings. The van der Waals surface area contributed by atoms with Gasteiger partial charge < -0.3 is 9.64 Å². The van der Waals surface area contributed by atoms with Crippen molar-refractivity contribution in [1.29, 1.82) is 0 Å². The minimum atomic E-state index is -0.538.